The van der Waals surface area contributed by atoms with E-state index < -0.39 is 5.97 Å². The summed E-state index contributed by atoms with van der Waals surface area (Å²) in [6.45, 7) is 2.25. The normalized spacial score (nSPS) is 10.1. The van der Waals surface area contributed by atoms with Crippen LogP contribution in [-0.4, -0.2) is 18.5 Å². The van der Waals surface area contributed by atoms with Gasteiger partial charge in [-0.1, -0.05) is 25.7 Å². The molecule has 0 aliphatic rings. The molecule has 0 fully saturated rings. The zero-order valence-corrected chi connectivity index (χ0v) is 10.00. The minimum Gasteiger partial charge on any atom is -0.466 e. The maximum absolute atomic E-state index is 11.0. The van der Waals surface area contributed by atoms with Gasteiger partial charge >= 0.3 is 11.9 Å². The molecule has 0 aliphatic carbocycles. The van der Waals surface area contributed by atoms with E-state index >= 15 is 0 Å². The van der Waals surface area contributed by atoms with Crippen LogP contribution in [0, 0.1) is 0 Å². The Kier molecular flexibility index (Phi) is 9.76. The van der Waals surface area contributed by atoms with Gasteiger partial charge in [0.2, 0.25) is 0 Å². The second-order valence-electron chi connectivity index (χ2n) is 3.80. The van der Waals surface area contributed by atoms with Crippen molar-refractivity contribution in [2.45, 2.75) is 58.3 Å². The molecule has 0 aliphatic heterocycles. The number of carbonyl (C=O) groups is 2. The van der Waals surface area contributed by atoms with Crippen molar-refractivity contribution in [1.82, 2.24) is 0 Å². The summed E-state index contributed by atoms with van der Waals surface area (Å²) in [5.74, 6) is -1.10. The Labute approximate surface area is 97.0 Å². The van der Waals surface area contributed by atoms with Gasteiger partial charge in [-0.05, 0) is 19.8 Å². The molecule has 1 radical (unpaired) electrons. The SMILES string of the molecule is CCOC(=O)CCCCCCCCC([O])=O. The fourth-order valence-corrected chi connectivity index (χ4v) is 1.48. The number of esters is 1. The quantitative estimate of drug-likeness (QED) is 0.427. The van der Waals surface area contributed by atoms with Crippen molar-refractivity contribution in [2.24, 2.45) is 0 Å². The predicted molar refractivity (Wildman–Crippen MR) is 59.3 cm³/mol. The van der Waals surface area contributed by atoms with Crippen LogP contribution in [-0.2, 0) is 19.4 Å². The van der Waals surface area contributed by atoms with Crippen molar-refractivity contribution in [3.8, 4) is 0 Å². The molecule has 0 heterocycles. The van der Waals surface area contributed by atoms with E-state index in [0.717, 1.165) is 32.1 Å². The van der Waals surface area contributed by atoms with Crippen LogP contribution in [0.1, 0.15) is 58.3 Å². The summed E-state index contributed by atoms with van der Waals surface area (Å²) in [6.07, 6.45) is 6.20. The van der Waals surface area contributed by atoms with Crippen molar-refractivity contribution >= 4 is 11.9 Å². The van der Waals surface area contributed by atoms with Crippen LogP contribution < -0.4 is 0 Å². The Hall–Kier alpha value is -1.06. The fraction of sp³-hybridized carbons (Fsp3) is 0.833. The lowest BCUT2D eigenvalue weighted by Crippen LogP contribution is -2.03. The third kappa shape index (κ3) is 11.0. The summed E-state index contributed by atoms with van der Waals surface area (Å²) in [5, 5.41) is 10.1. The molecule has 93 valence electrons. The number of hydrogen-bond donors (Lipinski definition) is 0. The summed E-state index contributed by atoms with van der Waals surface area (Å²) in [6, 6.07) is 0. The zero-order valence-electron chi connectivity index (χ0n) is 10.00. The smallest absolute Gasteiger partial charge is 0.355 e. The molecule has 0 aromatic heterocycles. The Morgan fingerprint density at radius 1 is 0.875 bits per heavy atom. The molecule has 0 unspecified atom stereocenters. The Morgan fingerprint density at radius 3 is 1.88 bits per heavy atom. The van der Waals surface area contributed by atoms with E-state index in [1.807, 2.05) is 0 Å². The number of unbranched alkanes of at least 4 members (excludes halogenated alkanes) is 5. The van der Waals surface area contributed by atoms with Gasteiger partial charge in [0.05, 0.1) is 13.0 Å². The second kappa shape index (κ2) is 10.5. The summed E-state index contributed by atoms with van der Waals surface area (Å²) in [4.78, 5) is 21.1. The van der Waals surface area contributed by atoms with Crippen LogP contribution in [0.5, 0.6) is 0 Å². The van der Waals surface area contributed by atoms with Crippen LogP contribution in [0.3, 0.4) is 0 Å². The van der Waals surface area contributed by atoms with Gasteiger partial charge < -0.3 is 4.74 Å². The van der Waals surface area contributed by atoms with Crippen molar-refractivity contribution in [1.29, 1.82) is 0 Å². The average Bonchev–Trinajstić information content (AvgIpc) is 2.22. The lowest BCUT2D eigenvalue weighted by Gasteiger charge is -2.01. The van der Waals surface area contributed by atoms with Gasteiger partial charge in [-0.15, -0.1) is 0 Å². The predicted octanol–water partition coefficient (Wildman–Crippen LogP) is 2.63. The zero-order chi connectivity index (χ0) is 12.2. The Balaban J connectivity index is 3.09. The molecular formula is C12H21O4. The minimum absolute atomic E-state index is 0.126. The number of hydrogen-bond acceptors (Lipinski definition) is 3. The first-order valence-corrected chi connectivity index (χ1v) is 6.02. The number of ether oxygens (including phenoxy) is 1. The molecule has 0 aromatic rings. The van der Waals surface area contributed by atoms with E-state index in [9.17, 15) is 14.7 Å². The largest absolute Gasteiger partial charge is 0.466 e. The van der Waals surface area contributed by atoms with E-state index in [2.05, 4.69) is 0 Å². The molecule has 0 amide bonds. The second-order valence-corrected chi connectivity index (χ2v) is 3.80. The van der Waals surface area contributed by atoms with Crippen LogP contribution in [0.2, 0.25) is 0 Å². The standard InChI is InChI=1S/C12H21O4/c1-2-16-12(15)10-8-6-4-3-5-7-9-11(13)14/h2-10H2,1H3. The highest BCUT2D eigenvalue weighted by Gasteiger charge is 2.01. The summed E-state index contributed by atoms with van der Waals surface area (Å²) in [7, 11) is 0. The van der Waals surface area contributed by atoms with Crippen LogP contribution in [0.15, 0.2) is 0 Å². The lowest BCUT2D eigenvalue weighted by molar-refractivity contribution is -0.144. The van der Waals surface area contributed by atoms with E-state index in [-0.39, 0.29) is 12.4 Å². The van der Waals surface area contributed by atoms with Gasteiger partial charge in [0, 0.05) is 6.42 Å². The van der Waals surface area contributed by atoms with Gasteiger partial charge in [-0.2, -0.15) is 0 Å². The first kappa shape index (κ1) is 14.9. The van der Waals surface area contributed by atoms with Crippen LogP contribution in [0.25, 0.3) is 0 Å². The molecule has 0 aromatic carbocycles. The summed E-state index contributed by atoms with van der Waals surface area (Å²) >= 11 is 0. The van der Waals surface area contributed by atoms with Crippen molar-refractivity contribution in [2.75, 3.05) is 6.61 Å². The van der Waals surface area contributed by atoms with Gasteiger partial charge in [-0.25, -0.2) is 9.90 Å². The van der Waals surface area contributed by atoms with Crippen molar-refractivity contribution in [3.05, 3.63) is 0 Å². The maximum atomic E-state index is 11.0. The third-order valence-corrected chi connectivity index (χ3v) is 2.32. The first-order valence-electron chi connectivity index (χ1n) is 6.02. The number of carbonyl (C=O) groups excluding carboxylic acids is 2. The van der Waals surface area contributed by atoms with E-state index in [1.54, 1.807) is 6.92 Å². The van der Waals surface area contributed by atoms with Crippen molar-refractivity contribution < 1.29 is 19.4 Å². The molecule has 0 atom stereocenters. The van der Waals surface area contributed by atoms with Gasteiger partial charge in [-0.3, -0.25) is 4.79 Å². The fourth-order valence-electron chi connectivity index (χ4n) is 1.48. The van der Waals surface area contributed by atoms with Crippen LogP contribution >= 0.6 is 0 Å². The molecule has 0 saturated carbocycles. The molecule has 0 spiro atoms. The molecule has 0 bridgehead atoms. The monoisotopic (exact) mass is 229 g/mol. The maximum Gasteiger partial charge on any atom is 0.355 e. The molecule has 4 heteroatoms. The van der Waals surface area contributed by atoms with Gasteiger partial charge in [0.1, 0.15) is 0 Å². The average molecular weight is 229 g/mol. The van der Waals surface area contributed by atoms with E-state index in [1.165, 1.54) is 0 Å². The highest BCUT2D eigenvalue weighted by molar-refractivity contribution is 5.69. The highest BCUT2D eigenvalue weighted by atomic mass is 16.5. The molecule has 16 heavy (non-hydrogen) atoms. The summed E-state index contributed by atoms with van der Waals surface area (Å²) < 4.78 is 4.80. The van der Waals surface area contributed by atoms with Gasteiger partial charge in [0.15, 0.2) is 0 Å². The minimum atomic E-state index is -0.970. The topological polar surface area (TPSA) is 63.3 Å². The number of rotatable bonds is 10. The molecule has 0 N–H and O–H groups in total. The Morgan fingerprint density at radius 2 is 1.38 bits per heavy atom. The highest BCUT2D eigenvalue weighted by Crippen LogP contribution is 2.09. The molecular weight excluding hydrogens is 208 g/mol. The third-order valence-electron chi connectivity index (χ3n) is 2.32. The van der Waals surface area contributed by atoms with Crippen molar-refractivity contribution in [3.63, 3.8) is 0 Å². The lowest BCUT2D eigenvalue weighted by atomic mass is 10.1. The van der Waals surface area contributed by atoms with E-state index in [4.69, 9.17) is 4.74 Å². The molecule has 4 nitrogen and oxygen atoms in total. The van der Waals surface area contributed by atoms with E-state index in [0.29, 0.717) is 19.4 Å². The van der Waals surface area contributed by atoms with Crippen LogP contribution in [0.4, 0.5) is 0 Å². The van der Waals surface area contributed by atoms with Gasteiger partial charge in [0.25, 0.3) is 0 Å². The molecule has 0 saturated heterocycles. The molecule has 0 rings (SSSR count). The first-order chi connectivity index (χ1) is 7.66. The Bertz CT molecular complexity index is 201. The summed E-state index contributed by atoms with van der Waals surface area (Å²) in [5.41, 5.74) is 0.